The fourth-order valence-corrected chi connectivity index (χ4v) is 6.81. The van der Waals surface area contributed by atoms with E-state index in [4.69, 9.17) is 9.47 Å². The van der Waals surface area contributed by atoms with Crippen LogP contribution >= 0.6 is 0 Å². The normalized spacial score (nSPS) is 26.7. The number of carbonyl (C=O) groups is 1. The number of β-amino-alcohol motifs (C(OH)–C–C–N with tert-alkyl or cyclic N) is 2. The van der Waals surface area contributed by atoms with Gasteiger partial charge in [-0.1, -0.05) is 6.07 Å². The lowest BCUT2D eigenvalue weighted by Gasteiger charge is -2.39. The Kier molecular flexibility index (Phi) is 7.92. The molecule has 4 heterocycles. The van der Waals surface area contributed by atoms with Gasteiger partial charge in [-0.25, -0.2) is 4.79 Å². The van der Waals surface area contributed by atoms with Gasteiger partial charge in [-0.05, 0) is 63.6 Å². The maximum Gasteiger partial charge on any atom is 0.338 e. The molecule has 0 aliphatic carbocycles. The maximum absolute atomic E-state index is 12.0. The molecule has 208 valence electrons. The number of carbonyl (C=O) groups excluding carboxylic acids is 1. The third-order valence-corrected chi connectivity index (χ3v) is 9.09. The number of aliphatic hydroxyl groups is 2. The minimum atomic E-state index is -0.813. The van der Waals surface area contributed by atoms with E-state index in [1.807, 2.05) is 13.0 Å². The molecule has 2 aromatic rings. The molecule has 0 saturated carbocycles. The second-order valence-electron chi connectivity index (χ2n) is 11.2. The SMILES string of the molecule is COc1cc(C(O)CN2C(C)CCC2C2CCC(C)N2CC(O)c2ccc3c(c2C)COC3=O)ncc1C#N. The summed E-state index contributed by atoms with van der Waals surface area (Å²) in [6.07, 6.45) is 4.12. The highest BCUT2D eigenvalue weighted by molar-refractivity contribution is 5.93. The monoisotopic (exact) mass is 534 g/mol. The number of likely N-dealkylation sites (tertiary alicyclic amines) is 2. The Hall–Kier alpha value is -3.03. The molecule has 0 amide bonds. The van der Waals surface area contributed by atoms with Gasteiger partial charge in [-0.15, -0.1) is 0 Å². The Labute approximate surface area is 230 Å². The van der Waals surface area contributed by atoms with Gasteiger partial charge in [0.25, 0.3) is 0 Å². The van der Waals surface area contributed by atoms with E-state index in [1.54, 1.807) is 12.1 Å². The molecule has 2 saturated heterocycles. The average Bonchev–Trinajstić information content (AvgIpc) is 3.61. The van der Waals surface area contributed by atoms with Crippen LogP contribution in [-0.4, -0.2) is 75.3 Å². The summed E-state index contributed by atoms with van der Waals surface area (Å²) in [5.41, 5.74) is 4.08. The van der Waals surface area contributed by atoms with Crippen LogP contribution in [0.5, 0.6) is 5.75 Å². The average molecular weight is 535 g/mol. The van der Waals surface area contributed by atoms with Crippen LogP contribution in [-0.2, 0) is 11.3 Å². The van der Waals surface area contributed by atoms with Crippen molar-refractivity contribution in [1.82, 2.24) is 14.8 Å². The van der Waals surface area contributed by atoms with Gasteiger partial charge in [0.05, 0.1) is 24.5 Å². The Balaban J connectivity index is 1.32. The molecular weight excluding hydrogens is 496 g/mol. The van der Waals surface area contributed by atoms with Crippen molar-refractivity contribution in [3.05, 3.63) is 57.9 Å². The van der Waals surface area contributed by atoms with Crippen molar-refractivity contribution < 1.29 is 24.5 Å². The maximum atomic E-state index is 12.0. The lowest BCUT2D eigenvalue weighted by atomic mass is 9.94. The highest BCUT2D eigenvalue weighted by Gasteiger charge is 2.44. The third-order valence-electron chi connectivity index (χ3n) is 9.09. The van der Waals surface area contributed by atoms with Crippen molar-refractivity contribution in [2.45, 2.75) is 89.4 Å². The smallest absolute Gasteiger partial charge is 0.338 e. The fourth-order valence-electron chi connectivity index (χ4n) is 6.81. The number of rotatable bonds is 8. The summed E-state index contributed by atoms with van der Waals surface area (Å²) >= 11 is 0. The summed E-state index contributed by atoms with van der Waals surface area (Å²) in [6, 6.07) is 8.50. The van der Waals surface area contributed by atoms with Crippen LogP contribution in [0, 0.1) is 18.3 Å². The molecule has 6 unspecified atom stereocenters. The van der Waals surface area contributed by atoms with Gasteiger partial charge < -0.3 is 19.7 Å². The summed E-state index contributed by atoms with van der Waals surface area (Å²) in [7, 11) is 1.51. The van der Waals surface area contributed by atoms with Gasteiger partial charge in [-0.2, -0.15) is 5.26 Å². The van der Waals surface area contributed by atoms with Crippen molar-refractivity contribution in [2.75, 3.05) is 20.2 Å². The minimum absolute atomic E-state index is 0.249. The summed E-state index contributed by atoms with van der Waals surface area (Å²) in [5.74, 6) is 0.116. The number of hydrogen-bond donors (Lipinski definition) is 2. The van der Waals surface area contributed by atoms with Crippen molar-refractivity contribution in [1.29, 1.82) is 5.26 Å². The van der Waals surface area contributed by atoms with Gasteiger partial charge in [0.1, 0.15) is 30.1 Å². The second kappa shape index (κ2) is 11.2. The number of nitriles is 1. The molecule has 9 nitrogen and oxygen atoms in total. The first-order chi connectivity index (χ1) is 18.7. The van der Waals surface area contributed by atoms with Crippen molar-refractivity contribution in [3.8, 4) is 11.8 Å². The molecule has 9 heteroatoms. The highest BCUT2D eigenvalue weighted by atomic mass is 16.5. The van der Waals surface area contributed by atoms with Crippen LogP contribution in [0.15, 0.2) is 24.4 Å². The molecule has 1 aromatic heterocycles. The molecule has 3 aliphatic heterocycles. The van der Waals surface area contributed by atoms with E-state index >= 15 is 0 Å². The van der Waals surface area contributed by atoms with Gasteiger partial charge in [0, 0.05) is 55.1 Å². The van der Waals surface area contributed by atoms with Crippen LogP contribution < -0.4 is 4.74 Å². The zero-order chi connectivity index (χ0) is 27.8. The first-order valence-electron chi connectivity index (χ1n) is 13.8. The van der Waals surface area contributed by atoms with Gasteiger partial charge in [-0.3, -0.25) is 14.8 Å². The molecule has 0 radical (unpaired) electrons. The number of nitrogens with zero attached hydrogens (tertiary/aromatic N) is 4. The van der Waals surface area contributed by atoms with Crippen LogP contribution in [0.4, 0.5) is 0 Å². The van der Waals surface area contributed by atoms with Crippen LogP contribution in [0.2, 0.25) is 0 Å². The molecule has 5 rings (SSSR count). The quantitative estimate of drug-likeness (QED) is 0.491. The van der Waals surface area contributed by atoms with E-state index in [1.165, 1.54) is 13.3 Å². The largest absolute Gasteiger partial charge is 0.495 e. The van der Waals surface area contributed by atoms with E-state index in [9.17, 15) is 20.3 Å². The molecule has 1 aromatic carbocycles. The lowest BCUT2D eigenvalue weighted by Crippen LogP contribution is -2.51. The van der Waals surface area contributed by atoms with Crippen LogP contribution in [0.1, 0.15) is 90.0 Å². The number of cyclic esters (lactones) is 1. The van der Waals surface area contributed by atoms with Crippen molar-refractivity contribution >= 4 is 5.97 Å². The van der Waals surface area contributed by atoms with Crippen LogP contribution in [0.25, 0.3) is 0 Å². The first kappa shape index (κ1) is 27.5. The fraction of sp³-hybridized carbons (Fsp3) is 0.567. The van der Waals surface area contributed by atoms with Gasteiger partial charge in [0.2, 0.25) is 0 Å². The van der Waals surface area contributed by atoms with E-state index in [-0.39, 0.29) is 24.7 Å². The number of aromatic nitrogens is 1. The summed E-state index contributed by atoms with van der Waals surface area (Å²) in [6.45, 7) is 7.59. The number of hydrogen-bond acceptors (Lipinski definition) is 9. The molecule has 2 fully saturated rings. The number of aliphatic hydroxyl groups excluding tert-OH is 2. The summed E-state index contributed by atoms with van der Waals surface area (Å²) in [4.78, 5) is 21.1. The number of esters is 1. The molecule has 0 spiro atoms. The van der Waals surface area contributed by atoms with E-state index in [0.29, 0.717) is 47.7 Å². The summed E-state index contributed by atoms with van der Waals surface area (Å²) in [5, 5.41) is 31.8. The van der Waals surface area contributed by atoms with Gasteiger partial charge >= 0.3 is 5.97 Å². The standard InChI is InChI=1S/C30H38N4O5/c1-17-5-9-25(33(17)14-27(35)21-7-8-22-23(19(21)3)16-39-30(22)37)26-10-6-18(2)34(26)15-28(36)24-11-29(38-4)20(12-31)13-32-24/h7-8,11,13,17-18,25-28,35-36H,5-6,9-10,14-16H2,1-4H3. The number of ether oxygens (including phenoxy) is 2. The van der Waals surface area contributed by atoms with Crippen LogP contribution in [0.3, 0.4) is 0 Å². The zero-order valence-electron chi connectivity index (χ0n) is 23.1. The third kappa shape index (κ3) is 5.14. The molecule has 39 heavy (non-hydrogen) atoms. The molecule has 2 N–H and O–H groups in total. The molecule has 0 bridgehead atoms. The van der Waals surface area contributed by atoms with Gasteiger partial charge in [0.15, 0.2) is 0 Å². The number of benzene rings is 1. The van der Waals surface area contributed by atoms with E-state index < -0.39 is 12.2 Å². The topological polar surface area (TPSA) is 119 Å². The minimum Gasteiger partial charge on any atom is -0.495 e. The van der Waals surface area contributed by atoms with E-state index in [2.05, 4.69) is 34.7 Å². The Morgan fingerprint density at radius 2 is 1.74 bits per heavy atom. The summed E-state index contributed by atoms with van der Waals surface area (Å²) < 4.78 is 10.5. The highest BCUT2D eigenvalue weighted by Crippen LogP contribution is 2.38. The predicted molar refractivity (Wildman–Crippen MR) is 144 cm³/mol. The molecule has 6 atom stereocenters. The Bertz CT molecular complexity index is 1280. The van der Waals surface area contributed by atoms with Crippen molar-refractivity contribution in [3.63, 3.8) is 0 Å². The van der Waals surface area contributed by atoms with Crippen molar-refractivity contribution in [2.24, 2.45) is 0 Å². The Morgan fingerprint density at radius 3 is 2.36 bits per heavy atom. The lowest BCUT2D eigenvalue weighted by molar-refractivity contribution is 0.0297. The Morgan fingerprint density at radius 1 is 1.10 bits per heavy atom. The first-order valence-corrected chi connectivity index (χ1v) is 13.8. The van der Waals surface area contributed by atoms with E-state index in [0.717, 1.165) is 42.4 Å². The predicted octanol–water partition coefficient (Wildman–Crippen LogP) is 3.41. The number of fused-ring (bicyclic) bond motifs is 1. The zero-order valence-corrected chi connectivity index (χ0v) is 23.1. The number of pyridine rings is 1. The molecule has 3 aliphatic rings. The second-order valence-corrected chi connectivity index (χ2v) is 11.2. The molecular formula is C30H38N4O5. The number of methoxy groups -OCH3 is 1.